The van der Waals surface area contributed by atoms with Gasteiger partial charge in [-0.1, -0.05) is 92.2 Å². The molecule has 0 unspecified atom stereocenters. The van der Waals surface area contributed by atoms with Gasteiger partial charge in [0.1, 0.15) is 18.3 Å². The fourth-order valence-corrected chi connectivity index (χ4v) is 6.71. The number of nitrogens with zero attached hydrogens (tertiary/aromatic N) is 2. The predicted octanol–water partition coefficient (Wildman–Crippen LogP) is 6.26. The Morgan fingerprint density at radius 3 is 2.15 bits per heavy atom. The molecule has 0 aliphatic carbocycles. The first-order chi connectivity index (χ1) is 22.0. The van der Waals surface area contributed by atoms with Gasteiger partial charge < -0.3 is 15.0 Å². The Balaban J connectivity index is 1.83. The van der Waals surface area contributed by atoms with Crippen molar-refractivity contribution in [3.8, 4) is 5.75 Å². The molecule has 0 spiro atoms. The molecule has 0 radical (unpaired) electrons. The normalized spacial score (nSPS) is 12.0. The minimum atomic E-state index is -4.23. The topological polar surface area (TPSA) is 96.0 Å². The summed E-state index contributed by atoms with van der Waals surface area (Å²) in [5.41, 5.74) is 2.36. The highest BCUT2D eigenvalue weighted by Gasteiger charge is 2.35. The summed E-state index contributed by atoms with van der Waals surface area (Å²) in [5.74, 6) is -0.106. The number of methoxy groups -OCH3 is 1. The number of rotatable bonds is 14. The molecule has 0 saturated heterocycles. The molecular formula is C36H40ClN3O5S. The fourth-order valence-electron chi connectivity index (χ4n) is 5.04. The molecule has 4 aromatic carbocycles. The largest absolute Gasteiger partial charge is 0.497 e. The van der Waals surface area contributed by atoms with Crippen LogP contribution in [0.4, 0.5) is 5.69 Å². The number of sulfonamides is 1. The van der Waals surface area contributed by atoms with E-state index in [1.165, 1.54) is 17.0 Å². The molecule has 0 bridgehead atoms. The van der Waals surface area contributed by atoms with Crippen LogP contribution < -0.4 is 14.4 Å². The highest BCUT2D eigenvalue weighted by molar-refractivity contribution is 7.92. The molecule has 0 aromatic heterocycles. The maximum atomic E-state index is 14.6. The fraction of sp³-hybridized carbons (Fsp3) is 0.278. The van der Waals surface area contributed by atoms with Crippen molar-refractivity contribution in [1.29, 1.82) is 0 Å². The Kier molecular flexibility index (Phi) is 11.8. The molecule has 4 rings (SSSR count). The van der Waals surface area contributed by atoms with Gasteiger partial charge in [-0.05, 0) is 65.9 Å². The molecule has 0 fully saturated rings. The number of hydrogen-bond acceptors (Lipinski definition) is 5. The number of hydrogen-bond donors (Lipinski definition) is 1. The quantitative estimate of drug-likeness (QED) is 0.172. The third kappa shape index (κ3) is 8.68. The molecular weight excluding hydrogens is 622 g/mol. The lowest BCUT2D eigenvalue weighted by Gasteiger charge is -2.34. The van der Waals surface area contributed by atoms with Crippen molar-refractivity contribution in [2.75, 3.05) is 24.5 Å². The predicted molar refractivity (Wildman–Crippen MR) is 182 cm³/mol. The molecule has 2 amide bonds. The molecule has 0 aliphatic rings. The lowest BCUT2D eigenvalue weighted by Crippen LogP contribution is -2.53. The Labute approximate surface area is 277 Å². The number of nitrogens with one attached hydrogen (secondary N) is 1. The highest BCUT2D eigenvalue weighted by Crippen LogP contribution is 2.31. The Morgan fingerprint density at radius 2 is 1.50 bits per heavy atom. The molecule has 46 heavy (non-hydrogen) atoms. The first-order valence-electron chi connectivity index (χ1n) is 15.1. The maximum absolute atomic E-state index is 14.6. The van der Waals surface area contributed by atoms with Gasteiger partial charge in [-0.25, -0.2) is 8.42 Å². The molecule has 10 heteroatoms. The van der Waals surface area contributed by atoms with Crippen LogP contribution in [0.25, 0.3) is 0 Å². The van der Waals surface area contributed by atoms with E-state index in [0.717, 1.165) is 15.4 Å². The van der Waals surface area contributed by atoms with E-state index in [2.05, 4.69) is 5.32 Å². The molecule has 0 saturated carbocycles. The van der Waals surface area contributed by atoms with Gasteiger partial charge in [-0.15, -0.1) is 0 Å². The van der Waals surface area contributed by atoms with Gasteiger partial charge in [0.25, 0.3) is 10.0 Å². The van der Waals surface area contributed by atoms with Gasteiger partial charge in [0, 0.05) is 24.5 Å². The molecule has 1 N–H and O–H groups in total. The molecule has 0 aliphatic heterocycles. The molecule has 242 valence electrons. The monoisotopic (exact) mass is 661 g/mol. The van der Waals surface area contributed by atoms with Gasteiger partial charge in [0.15, 0.2) is 0 Å². The zero-order chi connectivity index (χ0) is 33.3. The van der Waals surface area contributed by atoms with Crippen LogP contribution in [0.1, 0.15) is 30.5 Å². The number of carbonyl (C=O) groups is 2. The van der Waals surface area contributed by atoms with Crippen LogP contribution in [0.5, 0.6) is 5.75 Å². The third-order valence-electron chi connectivity index (χ3n) is 7.56. The summed E-state index contributed by atoms with van der Waals surface area (Å²) in [6.45, 7) is 5.58. The SMILES string of the molecule is COc1cccc(CN(C(=O)CN(c2cccc(Cl)c2C)S(=O)(=O)c2ccccc2)[C@H](Cc2ccccc2)C(=O)NCC(C)C)c1. The van der Waals surface area contributed by atoms with Crippen molar-refractivity contribution in [3.05, 3.63) is 125 Å². The first-order valence-corrected chi connectivity index (χ1v) is 16.9. The van der Waals surface area contributed by atoms with E-state index in [-0.39, 0.29) is 35.4 Å². The minimum absolute atomic E-state index is 0.0250. The van der Waals surface area contributed by atoms with Crippen LogP contribution in [0, 0.1) is 12.8 Å². The summed E-state index contributed by atoms with van der Waals surface area (Å²) in [6.07, 6.45) is 0.224. The number of anilines is 1. The number of amides is 2. The standard InChI is InChI=1S/C36H40ClN3O5S/c1-26(2)23-38-36(42)34(22-28-13-7-5-8-14-28)39(24-29-15-11-16-30(21-29)45-4)35(41)25-40(33-20-12-19-32(37)27(33)3)46(43,44)31-17-9-6-10-18-31/h5-21,26,34H,22-25H2,1-4H3,(H,38,42)/t34-/m1/s1. The van der Waals surface area contributed by atoms with Crippen LogP contribution in [0.3, 0.4) is 0 Å². The van der Waals surface area contributed by atoms with Crippen LogP contribution >= 0.6 is 11.6 Å². The minimum Gasteiger partial charge on any atom is -0.497 e. The first kappa shape index (κ1) is 34.5. The van der Waals surface area contributed by atoms with Crippen molar-refractivity contribution in [2.45, 2.75) is 44.7 Å². The second-order valence-corrected chi connectivity index (χ2v) is 13.7. The van der Waals surface area contributed by atoms with Gasteiger partial charge >= 0.3 is 0 Å². The average molecular weight is 662 g/mol. The Bertz CT molecular complexity index is 1730. The van der Waals surface area contributed by atoms with E-state index >= 15 is 0 Å². The highest BCUT2D eigenvalue weighted by atomic mass is 35.5. The van der Waals surface area contributed by atoms with Crippen molar-refractivity contribution < 1.29 is 22.7 Å². The molecule has 1 atom stereocenters. The van der Waals surface area contributed by atoms with Crippen molar-refractivity contribution >= 4 is 39.1 Å². The lowest BCUT2D eigenvalue weighted by atomic mass is 10.0. The van der Waals surface area contributed by atoms with E-state index < -0.39 is 28.5 Å². The smallest absolute Gasteiger partial charge is 0.264 e. The number of carbonyl (C=O) groups excluding carboxylic acids is 2. The summed E-state index contributed by atoms with van der Waals surface area (Å²) in [7, 11) is -2.67. The van der Waals surface area contributed by atoms with E-state index in [9.17, 15) is 18.0 Å². The summed E-state index contributed by atoms with van der Waals surface area (Å²) >= 11 is 6.45. The van der Waals surface area contributed by atoms with Crippen LogP contribution in [0.2, 0.25) is 5.02 Å². The molecule has 4 aromatic rings. The zero-order valence-corrected chi connectivity index (χ0v) is 28.1. The van der Waals surface area contributed by atoms with Crippen molar-refractivity contribution in [2.24, 2.45) is 5.92 Å². The van der Waals surface area contributed by atoms with Gasteiger partial charge in [0.05, 0.1) is 17.7 Å². The molecule has 8 nitrogen and oxygen atoms in total. The van der Waals surface area contributed by atoms with E-state index in [1.54, 1.807) is 62.6 Å². The van der Waals surface area contributed by atoms with Gasteiger partial charge in [-0.2, -0.15) is 0 Å². The van der Waals surface area contributed by atoms with E-state index in [1.807, 2.05) is 56.3 Å². The lowest BCUT2D eigenvalue weighted by molar-refractivity contribution is -0.140. The van der Waals surface area contributed by atoms with Gasteiger partial charge in [0.2, 0.25) is 11.8 Å². The van der Waals surface area contributed by atoms with Crippen molar-refractivity contribution in [1.82, 2.24) is 10.2 Å². The summed E-state index contributed by atoms with van der Waals surface area (Å²) in [5, 5.41) is 3.36. The number of halogens is 1. The second-order valence-electron chi connectivity index (χ2n) is 11.4. The summed E-state index contributed by atoms with van der Waals surface area (Å²) in [6, 6.07) is 28.6. The average Bonchev–Trinajstić information content (AvgIpc) is 3.06. The maximum Gasteiger partial charge on any atom is 0.264 e. The summed E-state index contributed by atoms with van der Waals surface area (Å²) in [4.78, 5) is 30.0. The third-order valence-corrected chi connectivity index (χ3v) is 9.74. The number of ether oxygens (including phenoxy) is 1. The summed E-state index contributed by atoms with van der Waals surface area (Å²) < 4.78 is 34.9. The van der Waals surface area contributed by atoms with Crippen LogP contribution in [-0.2, 0) is 32.6 Å². The van der Waals surface area contributed by atoms with E-state index in [0.29, 0.717) is 22.9 Å². The van der Waals surface area contributed by atoms with Crippen molar-refractivity contribution in [3.63, 3.8) is 0 Å². The van der Waals surface area contributed by atoms with Crippen LogP contribution in [0.15, 0.2) is 108 Å². The zero-order valence-electron chi connectivity index (χ0n) is 26.5. The molecule has 0 heterocycles. The second kappa shape index (κ2) is 15.8. The van der Waals surface area contributed by atoms with E-state index in [4.69, 9.17) is 16.3 Å². The van der Waals surface area contributed by atoms with Crippen LogP contribution in [-0.4, -0.2) is 51.4 Å². The Morgan fingerprint density at radius 1 is 0.870 bits per heavy atom. The Hall–Kier alpha value is -4.34. The number of benzene rings is 4. The van der Waals surface area contributed by atoms with Gasteiger partial charge in [-0.3, -0.25) is 13.9 Å².